The largest absolute Gasteiger partial charge is 1.00 e. The van der Waals surface area contributed by atoms with Crippen LogP contribution in [0.25, 0.3) is 0 Å². The Bertz CT molecular complexity index is 256. The van der Waals surface area contributed by atoms with Gasteiger partial charge in [0.15, 0.2) is 0 Å². The zero-order chi connectivity index (χ0) is 12.7. The first-order valence-corrected chi connectivity index (χ1v) is 5.63. The molecule has 19 heavy (non-hydrogen) atoms. The molecule has 0 saturated carbocycles. The van der Waals surface area contributed by atoms with Crippen molar-refractivity contribution in [3.63, 3.8) is 0 Å². The standard InChI is InChI=1S/C10H19N3O4.2Na/c14-9(15)7-12-3-1-11-2-4-13(6-5-12)8-10(16)17;;/h11H,1-8H2,(H,14,15)(H,16,17);;/q;2*+1/p-2. The fourth-order valence-corrected chi connectivity index (χ4v) is 1.79. The van der Waals surface area contributed by atoms with E-state index in [1.54, 1.807) is 9.80 Å². The smallest absolute Gasteiger partial charge is 0.549 e. The summed E-state index contributed by atoms with van der Waals surface area (Å²) in [6.45, 7) is 3.40. The monoisotopic (exact) mass is 289 g/mol. The molecule has 0 aromatic carbocycles. The van der Waals surface area contributed by atoms with Crippen molar-refractivity contribution in [3.05, 3.63) is 0 Å². The number of hydrogen-bond donors (Lipinski definition) is 1. The summed E-state index contributed by atoms with van der Waals surface area (Å²) in [7, 11) is 0. The summed E-state index contributed by atoms with van der Waals surface area (Å²) in [4.78, 5) is 24.5. The quantitative estimate of drug-likeness (QED) is 0.513. The van der Waals surface area contributed by atoms with E-state index in [1.165, 1.54) is 0 Å². The van der Waals surface area contributed by atoms with Crippen LogP contribution in [-0.2, 0) is 9.59 Å². The van der Waals surface area contributed by atoms with Gasteiger partial charge in [0.25, 0.3) is 0 Å². The second-order valence-corrected chi connectivity index (χ2v) is 4.05. The Morgan fingerprint density at radius 3 is 1.53 bits per heavy atom. The van der Waals surface area contributed by atoms with Gasteiger partial charge in [0.2, 0.25) is 0 Å². The van der Waals surface area contributed by atoms with Crippen LogP contribution in [0.1, 0.15) is 0 Å². The van der Waals surface area contributed by atoms with Gasteiger partial charge in [0, 0.05) is 52.4 Å². The maximum absolute atomic E-state index is 10.5. The van der Waals surface area contributed by atoms with E-state index in [9.17, 15) is 19.8 Å². The number of nitrogens with zero attached hydrogens (tertiary/aromatic N) is 2. The molecule has 0 aromatic rings. The van der Waals surface area contributed by atoms with Crippen molar-refractivity contribution in [1.82, 2.24) is 15.1 Å². The molecule has 1 saturated heterocycles. The summed E-state index contributed by atoms with van der Waals surface area (Å²) < 4.78 is 0. The topological polar surface area (TPSA) is 98.8 Å². The number of aliphatic carboxylic acids is 2. The van der Waals surface area contributed by atoms with Gasteiger partial charge in [0.05, 0.1) is 11.9 Å². The third kappa shape index (κ3) is 11.2. The van der Waals surface area contributed by atoms with Crippen LogP contribution >= 0.6 is 0 Å². The molecule has 1 heterocycles. The summed E-state index contributed by atoms with van der Waals surface area (Å²) in [5, 5.41) is 24.2. The van der Waals surface area contributed by atoms with Crippen LogP contribution in [0.5, 0.6) is 0 Å². The average molecular weight is 289 g/mol. The Labute approximate surface area is 157 Å². The van der Waals surface area contributed by atoms with E-state index >= 15 is 0 Å². The molecule has 0 radical (unpaired) electrons. The second kappa shape index (κ2) is 12.6. The maximum Gasteiger partial charge on any atom is 1.00 e. The molecular weight excluding hydrogens is 272 g/mol. The summed E-state index contributed by atoms with van der Waals surface area (Å²) in [5.74, 6) is -2.23. The normalized spacial score (nSPS) is 18.1. The molecular formula is C10H17N3Na2O4. The molecule has 0 aliphatic carbocycles. The number of carbonyl (C=O) groups excluding carboxylic acids is 2. The molecule has 0 atom stereocenters. The van der Waals surface area contributed by atoms with Gasteiger partial charge in [-0.1, -0.05) is 0 Å². The van der Waals surface area contributed by atoms with Crippen LogP contribution in [0.3, 0.4) is 0 Å². The molecule has 0 unspecified atom stereocenters. The number of carbonyl (C=O) groups is 2. The number of rotatable bonds is 4. The molecule has 98 valence electrons. The number of carboxylic acid groups (broad SMARTS) is 2. The van der Waals surface area contributed by atoms with E-state index in [0.29, 0.717) is 39.3 Å². The Balaban J connectivity index is 0. The summed E-state index contributed by atoms with van der Waals surface area (Å²) in [6, 6.07) is 0. The van der Waals surface area contributed by atoms with E-state index in [-0.39, 0.29) is 72.2 Å². The van der Waals surface area contributed by atoms with Crippen LogP contribution in [0, 0.1) is 0 Å². The fourth-order valence-electron chi connectivity index (χ4n) is 1.79. The molecule has 1 rings (SSSR count). The zero-order valence-corrected chi connectivity index (χ0v) is 15.7. The van der Waals surface area contributed by atoms with Crippen molar-refractivity contribution in [2.24, 2.45) is 0 Å². The molecule has 0 aromatic heterocycles. The predicted molar refractivity (Wildman–Crippen MR) is 55.8 cm³/mol. The van der Waals surface area contributed by atoms with E-state index in [1.807, 2.05) is 0 Å². The van der Waals surface area contributed by atoms with Crippen LogP contribution in [0.2, 0.25) is 0 Å². The van der Waals surface area contributed by atoms with Gasteiger partial charge in [0.1, 0.15) is 0 Å². The van der Waals surface area contributed by atoms with Crippen molar-refractivity contribution in [3.8, 4) is 0 Å². The first-order chi connectivity index (χ1) is 8.08. The van der Waals surface area contributed by atoms with E-state index < -0.39 is 11.9 Å². The van der Waals surface area contributed by atoms with Gasteiger partial charge < -0.3 is 25.1 Å². The van der Waals surface area contributed by atoms with Crippen LogP contribution < -0.4 is 74.6 Å². The molecule has 0 amide bonds. The van der Waals surface area contributed by atoms with E-state index in [0.717, 1.165) is 0 Å². The Hall–Kier alpha value is 0.820. The molecule has 9 heteroatoms. The van der Waals surface area contributed by atoms with Gasteiger partial charge in [-0.3, -0.25) is 9.80 Å². The minimum atomic E-state index is -1.12. The average Bonchev–Trinajstić information content (AvgIpc) is 2.31. The molecule has 0 bridgehead atoms. The minimum absolute atomic E-state index is 0. The van der Waals surface area contributed by atoms with Crippen LogP contribution in [0.4, 0.5) is 0 Å². The van der Waals surface area contributed by atoms with Crippen molar-refractivity contribution < 1.29 is 78.9 Å². The molecule has 1 aliphatic rings. The summed E-state index contributed by atoms with van der Waals surface area (Å²) >= 11 is 0. The van der Waals surface area contributed by atoms with Crippen molar-refractivity contribution in [2.75, 3.05) is 52.4 Å². The Morgan fingerprint density at radius 2 is 1.21 bits per heavy atom. The minimum Gasteiger partial charge on any atom is -0.549 e. The van der Waals surface area contributed by atoms with Crippen molar-refractivity contribution in [1.29, 1.82) is 0 Å². The van der Waals surface area contributed by atoms with Crippen LogP contribution in [0.15, 0.2) is 0 Å². The van der Waals surface area contributed by atoms with Gasteiger partial charge in [-0.05, 0) is 0 Å². The van der Waals surface area contributed by atoms with Gasteiger partial charge in [-0.25, -0.2) is 0 Å². The molecule has 1 fully saturated rings. The van der Waals surface area contributed by atoms with Crippen LogP contribution in [-0.4, -0.2) is 74.1 Å². The molecule has 7 nitrogen and oxygen atoms in total. The summed E-state index contributed by atoms with van der Waals surface area (Å²) in [6.07, 6.45) is 0. The number of carboxylic acids is 2. The molecule has 0 spiro atoms. The van der Waals surface area contributed by atoms with E-state index in [4.69, 9.17) is 0 Å². The third-order valence-corrected chi connectivity index (χ3v) is 2.65. The van der Waals surface area contributed by atoms with Crippen molar-refractivity contribution in [2.45, 2.75) is 0 Å². The van der Waals surface area contributed by atoms with Gasteiger partial charge >= 0.3 is 59.1 Å². The van der Waals surface area contributed by atoms with Gasteiger partial charge in [-0.15, -0.1) is 0 Å². The zero-order valence-electron chi connectivity index (χ0n) is 11.7. The first kappa shape index (κ1) is 22.1. The van der Waals surface area contributed by atoms with Crippen molar-refractivity contribution >= 4 is 11.9 Å². The fraction of sp³-hybridized carbons (Fsp3) is 0.800. The second-order valence-electron chi connectivity index (χ2n) is 4.05. The molecule has 1 N–H and O–H groups in total. The Kier molecular flexibility index (Phi) is 14.6. The number of nitrogens with one attached hydrogen (secondary N) is 1. The number of hydrogen-bond acceptors (Lipinski definition) is 7. The summed E-state index contributed by atoms with van der Waals surface area (Å²) in [5.41, 5.74) is 0. The maximum atomic E-state index is 10.5. The first-order valence-electron chi connectivity index (χ1n) is 5.63. The Morgan fingerprint density at radius 1 is 0.842 bits per heavy atom. The van der Waals surface area contributed by atoms with E-state index in [2.05, 4.69) is 5.32 Å². The SMILES string of the molecule is O=C([O-])CN1CCNCCN(CC(=O)[O-])CC1.[Na+].[Na+]. The molecule has 1 aliphatic heterocycles. The third-order valence-electron chi connectivity index (χ3n) is 2.65. The predicted octanol–water partition coefficient (Wildman–Crippen LogP) is -10.3. The van der Waals surface area contributed by atoms with Gasteiger partial charge in [-0.2, -0.15) is 0 Å².